The highest BCUT2D eigenvalue weighted by atomic mass is 16.1. The van der Waals surface area contributed by atoms with E-state index in [1.165, 1.54) is 19.3 Å². The molecular weight excluding hydrogens is 200 g/mol. The molecule has 0 aromatic rings. The summed E-state index contributed by atoms with van der Waals surface area (Å²) < 4.78 is 0. The third-order valence-electron chi connectivity index (χ3n) is 4.72. The van der Waals surface area contributed by atoms with Crippen molar-refractivity contribution in [2.24, 2.45) is 17.8 Å². The lowest BCUT2D eigenvalue weighted by Crippen LogP contribution is -2.48. The molecular formula is C13H22N2O. The number of hydrogen-bond acceptors (Lipinski definition) is 2. The predicted octanol–water partition coefficient (Wildman–Crippen LogP) is 1.29. The van der Waals surface area contributed by atoms with Gasteiger partial charge in [0.05, 0.1) is 0 Å². The minimum atomic E-state index is 0.150. The van der Waals surface area contributed by atoms with Crippen molar-refractivity contribution in [3.8, 4) is 0 Å². The van der Waals surface area contributed by atoms with E-state index in [0.717, 1.165) is 37.8 Å². The highest BCUT2D eigenvalue weighted by molar-refractivity contribution is 5.79. The third kappa shape index (κ3) is 1.97. The fourth-order valence-electron chi connectivity index (χ4n) is 3.46. The Labute approximate surface area is 97.4 Å². The van der Waals surface area contributed by atoms with Crippen LogP contribution in [-0.2, 0) is 4.79 Å². The zero-order valence-corrected chi connectivity index (χ0v) is 10.1. The molecule has 1 amide bonds. The number of amides is 1. The summed E-state index contributed by atoms with van der Waals surface area (Å²) in [7, 11) is 0. The molecule has 0 radical (unpaired) electrons. The Balaban J connectivity index is 1.46. The van der Waals surface area contributed by atoms with E-state index >= 15 is 0 Å². The van der Waals surface area contributed by atoms with Gasteiger partial charge < -0.3 is 10.6 Å². The fourth-order valence-corrected chi connectivity index (χ4v) is 3.46. The van der Waals surface area contributed by atoms with E-state index < -0.39 is 0 Å². The van der Waals surface area contributed by atoms with Crippen LogP contribution < -0.4 is 10.6 Å². The molecule has 2 N–H and O–H groups in total. The van der Waals surface area contributed by atoms with Crippen molar-refractivity contribution in [2.45, 2.75) is 44.6 Å². The van der Waals surface area contributed by atoms with Crippen molar-refractivity contribution in [1.29, 1.82) is 0 Å². The van der Waals surface area contributed by atoms with E-state index in [-0.39, 0.29) is 5.54 Å². The van der Waals surface area contributed by atoms with Crippen molar-refractivity contribution in [3.05, 3.63) is 0 Å². The maximum absolute atomic E-state index is 12.0. The van der Waals surface area contributed by atoms with E-state index in [0.29, 0.717) is 11.8 Å². The van der Waals surface area contributed by atoms with Crippen molar-refractivity contribution < 1.29 is 4.79 Å². The molecule has 90 valence electrons. The summed E-state index contributed by atoms with van der Waals surface area (Å²) in [5.41, 5.74) is 0.150. The SMILES string of the molecule is CC1(CNC(=O)C2CC3CC3C2)CCCN1. The maximum Gasteiger partial charge on any atom is 0.223 e. The average molecular weight is 222 g/mol. The molecule has 2 saturated carbocycles. The van der Waals surface area contributed by atoms with Gasteiger partial charge >= 0.3 is 0 Å². The summed E-state index contributed by atoms with van der Waals surface area (Å²) in [5.74, 6) is 2.43. The fraction of sp³-hybridized carbons (Fsp3) is 0.923. The maximum atomic E-state index is 12.0. The van der Waals surface area contributed by atoms with Crippen LogP contribution in [0.3, 0.4) is 0 Å². The smallest absolute Gasteiger partial charge is 0.223 e. The highest BCUT2D eigenvalue weighted by Crippen LogP contribution is 2.54. The van der Waals surface area contributed by atoms with Gasteiger partial charge in [-0.15, -0.1) is 0 Å². The number of nitrogens with one attached hydrogen (secondary N) is 2. The van der Waals surface area contributed by atoms with Crippen LogP contribution in [0.15, 0.2) is 0 Å². The van der Waals surface area contributed by atoms with Gasteiger partial charge in [-0.1, -0.05) is 0 Å². The molecule has 3 unspecified atom stereocenters. The van der Waals surface area contributed by atoms with Crippen LogP contribution in [-0.4, -0.2) is 24.5 Å². The van der Waals surface area contributed by atoms with Gasteiger partial charge in [0.2, 0.25) is 5.91 Å². The quantitative estimate of drug-likeness (QED) is 0.755. The van der Waals surface area contributed by atoms with Gasteiger partial charge in [0.15, 0.2) is 0 Å². The Hall–Kier alpha value is -0.570. The molecule has 16 heavy (non-hydrogen) atoms. The van der Waals surface area contributed by atoms with Gasteiger partial charge in [0, 0.05) is 18.0 Å². The van der Waals surface area contributed by atoms with Crippen molar-refractivity contribution in [3.63, 3.8) is 0 Å². The molecule has 1 aliphatic heterocycles. The first kappa shape index (κ1) is 10.6. The minimum absolute atomic E-state index is 0.150. The summed E-state index contributed by atoms with van der Waals surface area (Å²) in [4.78, 5) is 12.0. The van der Waals surface area contributed by atoms with E-state index in [9.17, 15) is 4.79 Å². The van der Waals surface area contributed by atoms with Gasteiger partial charge in [-0.25, -0.2) is 0 Å². The molecule has 2 aliphatic carbocycles. The zero-order chi connectivity index (χ0) is 11.2. The molecule has 3 aliphatic rings. The highest BCUT2D eigenvalue weighted by Gasteiger charge is 2.48. The first-order valence-electron chi connectivity index (χ1n) is 6.69. The summed E-state index contributed by atoms with van der Waals surface area (Å²) >= 11 is 0. The normalized spacial score (nSPS) is 45.4. The number of fused-ring (bicyclic) bond motifs is 1. The Kier molecular flexibility index (Phi) is 2.46. The van der Waals surface area contributed by atoms with Crippen LogP contribution in [0.4, 0.5) is 0 Å². The second-order valence-corrected chi connectivity index (χ2v) is 6.23. The van der Waals surface area contributed by atoms with Crippen LogP contribution in [0, 0.1) is 17.8 Å². The molecule has 3 fully saturated rings. The van der Waals surface area contributed by atoms with Crippen LogP contribution in [0.5, 0.6) is 0 Å². The van der Waals surface area contributed by atoms with Gasteiger partial charge in [-0.2, -0.15) is 0 Å². The lowest BCUT2D eigenvalue weighted by molar-refractivity contribution is -0.125. The Morgan fingerprint density at radius 3 is 2.75 bits per heavy atom. The number of carbonyl (C=O) groups is 1. The molecule has 0 bridgehead atoms. The first-order valence-corrected chi connectivity index (χ1v) is 6.69. The summed E-state index contributed by atoms with van der Waals surface area (Å²) in [6.45, 7) is 4.12. The van der Waals surface area contributed by atoms with Gasteiger partial charge in [0.1, 0.15) is 0 Å². The van der Waals surface area contributed by atoms with Crippen LogP contribution in [0.2, 0.25) is 0 Å². The lowest BCUT2D eigenvalue weighted by Gasteiger charge is -2.25. The van der Waals surface area contributed by atoms with Crippen molar-refractivity contribution in [2.75, 3.05) is 13.1 Å². The molecule has 0 spiro atoms. The van der Waals surface area contributed by atoms with Crippen LogP contribution >= 0.6 is 0 Å². The predicted molar refractivity (Wildman–Crippen MR) is 63.0 cm³/mol. The van der Waals surface area contributed by atoms with Crippen LogP contribution in [0.1, 0.15) is 39.0 Å². The Morgan fingerprint density at radius 2 is 2.12 bits per heavy atom. The molecule has 1 heterocycles. The first-order chi connectivity index (χ1) is 7.66. The van der Waals surface area contributed by atoms with E-state index in [1.807, 2.05) is 0 Å². The topological polar surface area (TPSA) is 41.1 Å². The molecule has 0 aromatic carbocycles. The summed E-state index contributed by atoms with van der Waals surface area (Å²) in [6, 6.07) is 0. The van der Waals surface area contributed by atoms with E-state index in [4.69, 9.17) is 0 Å². The Bertz CT molecular complexity index is 286. The van der Waals surface area contributed by atoms with Crippen molar-refractivity contribution in [1.82, 2.24) is 10.6 Å². The standard InChI is InChI=1S/C13H22N2O/c1-13(3-2-4-15-13)8-14-12(16)11-6-9-5-10(9)7-11/h9-11,15H,2-8H2,1H3,(H,14,16). The lowest BCUT2D eigenvalue weighted by atomic mass is 9.98. The minimum Gasteiger partial charge on any atom is -0.354 e. The third-order valence-corrected chi connectivity index (χ3v) is 4.72. The Morgan fingerprint density at radius 1 is 1.38 bits per heavy atom. The van der Waals surface area contributed by atoms with Crippen molar-refractivity contribution >= 4 is 5.91 Å². The monoisotopic (exact) mass is 222 g/mol. The summed E-state index contributed by atoms with van der Waals surface area (Å²) in [6.07, 6.45) is 6.12. The molecule has 3 rings (SSSR count). The molecule has 0 aromatic heterocycles. The second-order valence-electron chi connectivity index (χ2n) is 6.23. The van der Waals surface area contributed by atoms with E-state index in [2.05, 4.69) is 17.6 Å². The second kappa shape index (κ2) is 3.73. The number of carbonyl (C=O) groups excluding carboxylic acids is 1. The number of hydrogen-bond donors (Lipinski definition) is 2. The summed E-state index contributed by atoms with van der Waals surface area (Å²) in [5, 5.41) is 6.63. The van der Waals surface area contributed by atoms with Crippen LogP contribution in [0.25, 0.3) is 0 Å². The van der Waals surface area contributed by atoms with Gasteiger partial charge in [-0.3, -0.25) is 4.79 Å². The average Bonchev–Trinajstić information content (AvgIpc) is 2.71. The van der Waals surface area contributed by atoms with Gasteiger partial charge in [-0.05, 0) is 57.4 Å². The molecule has 1 saturated heterocycles. The molecule has 3 atom stereocenters. The largest absolute Gasteiger partial charge is 0.354 e. The number of rotatable bonds is 3. The molecule has 3 nitrogen and oxygen atoms in total. The van der Waals surface area contributed by atoms with E-state index in [1.54, 1.807) is 0 Å². The zero-order valence-electron chi connectivity index (χ0n) is 10.1. The molecule has 3 heteroatoms. The van der Waals surface area contributed by atoms with Gasteiger partial charge in [0.25, 0.3) is 0 Å².